The highest BCUT2D eigenvalue weighted by Crippen LogP contribution is 2.29. The van der Waals surface area contributed by atoms with E-state index in [0.29, 0.717) is 12.4 Å². The molecule has 0 unspecified atom stereocenters. The van der Waals surface area contributed by atoms with E-state index in [1.807, 2.05) is 37.2 Å². The quantitative estimate of drug-likeness (QED) is 0.285. The van der Waals surface area contributed by atoms with Gasteiger partial charge in [0.15, 0.2) is 5.78 Å². The van der Waals surface area contributed by atoms with Gasteiger partial charge in [0.1, 0.15) is 12.4 Å². The monoisotopic (exact) mass is 506 g/mol. The van der Waals surface area contributed by atoms with E-state index in [-0.39, 0.29) is 27.3 Å². The van der Waals surface area contributed by atoms with Crippen LogP contribution in [-0.4, -0.2) is 46.3 Å². The van der Waals surface area contributed by atoms with Crippen molar-refractivity contribution in [2.45, 2.75) is 31.1 Å². The Kier molecular flexibility index (Phi) is 8.71. The molecule has 6 nitrogen and oxygen atoms in total. The van der Waals surface area contributed by atoms with E-state index in [1.54, 1.807) is 48.5 Å². The molecule has 0 spiro atoms. The number of allylic oxidation sites excluding steroid dienone is 1. The number of nitrogens with one attached hydrogen (secondary N) is 1. The number of carbonyl (C=O) groups is 1. The van der Waals surface area contributed by atoms with E-state index >= 15 is 0 Å². The fraction of sp³-hybridized carbons (Fsp3) is 0.276. The Morgan fingerprint density at radius 2 is 1.64 bits per heavy atom. The molecule has 0 aliphatic rings. The van der Waals surface area contributed by atoms with Crippen LogP contribution in [0.25, 0.3) is 6.08 Å². The number of ketones is 1. The number of likely N-dealkylation sites (N-methyl/N-ethyl adjacent to an activating group) is 1. The Morgan fingerprint density at radius 3 is 2.31 bits per heavy atom. The molecule has 0 fully saturated rings. The average molecular weight is 507 g/mol. The third kappa shape index (κ3) is 7.29. The van der Waals surface area contributed by atoms with Crippen molar-refractivity contribution in [2.75, 3.05) is 32.0 Å². The highest BCUT2D eigenvalue weighted by Gasteiger charge is 2.18. The molecule has 0 saturated heterocycles. The molecular weight excluding hydrogens is 472 g/mol. The van der Waals surface area contributed by atoms with E-state index in [1.165, 1.54) is 18.2 Å². The molecule has 3 aromatic carbocycles. The lowest BCUT2D eigenvalue weighted by Gasteiger charge is -2.21. The topological polar surface area (TPSA) is 75.7 Å². The molecule has 0 radical (unpaired) electrons. The Balaban J connectivity index is 1.89. The zero-order valence-corrected chi connectivity index (χ0v) is 22.3. The molecule has 7 heteroatoms. The highest BCUT2D eigenvalue weighted by atomic mass is 32.2. The van der Waals surface area contributed by atoms with Gasteiger partial charge in [0.2, 0.25) is 0 Å². The lowest BCUT2D eigenvalue weighted by Crippen LogP contribution is -2.19. The molecule has 0 aromatic heterocycles. The normalized spacial score (nSPS) is 12.2. The van der Waals surface area contributed by atoms with Gasteiger partial charge in [-0.05, 0) is 73.6 Å². The van der Waals surface area contributed by atoms with Crippen molar-refractivity contribution in [1.82, 2.24) is 4.90 Å². The molecule has 0 bridgehead atoms. The first kappa shape index (κ1) is 27.2. The number of para-hydroxylation sites is 1. The highest BCUT2D eigenvalue weighted by molar-refractivity contribution is 7.92. The van der Waals surface area contributed by atoms with Crippen LogP contribution >= 0.6 is 0 Å². The standard InChI is InChI=1S/C29H34N2O4S/c1-29(2,3)23-16-18-28(35-20-19-31(4)5)22(21-23)15-17-27(32)25-13-9-10-14-26(25)30-36(33,34)24-11-7-6-8-12-24/h6-18,21,30H,19-20H2,1-5H3/b17-15+. The Labute approximate surface area is 214 Å². The van der Waals surface area contributed by atoms with Crippen LogP contribution in [0.15, 0.2) is 83.8 Å². The van der Waals surface area contributed by atoms with Gasteiger partial charge in [-0.15, -0.1) is 0 Å². The third-order valence-corrected chi connectivity index (χ3v) is 6.96. The smallest absolute Gasteiger partial charge is 0.261 e. The Morgan fingerprint density at radius 1 is 0.972 bits per heavy atom. The second kappa shape index (κ2) is 11.5. The summed E-state index contributed by atoms with van der Waals surface area (Å²) in [5.74, 6) is 0.369. The summed E-state index contributed by atoms with van der Waals surface area (Å²) >= 11 is 0. The van der Waals surface area contributed by atoms with Crippen molar-refractivity contribution in [3.8, 4) is 5.75 Å². The average Bonchev–Trinajstić information content (AvgIpc) is 2.83. The fourth-order valence-electron chi connectivity index (χ4n) is 3.46. The summed E-state index contributed by atoms with van der Waals surface area (Å²) in [5, 5.41) is 0. The number of carbonyl (C=O) groups excluding carboxylic acids is 1. The van der Waals surface area contributed by atoms with E-state index in [9.17, 15) is 13.2 Å². The van der Waals surface area contributed by atoms with Crippen molar-refractivity contribution in [3.63, 3.8) is 0 Å². The SMILES string of the molecule is CN(C)CCOc1ccc(C(C)(C)C)cc1/C=C/C(=O)c1ccccc1NS(=O)(=O)c1ccccc1. The van der Waals surface area contributed by atoms with Gasteiger partial charge in [-0.3, -0.25) is 9.52 Å². The number of nitrogens with zero attached hydrogens (tertiary/aromatic N) is 1. The second-order valence-corrected chi connectivity index (χ2v) is 11.5. The maximum Gasteiger partial charge on any atom is 0.261 e. The van der Waals surface area contributed by atoms with Crippen molar-refractivity contribution in [1.29, 1.82) is 0 Å². The minimum atomic E-state index is -3.83. The van der Waals surface area contributed by atoms with Crippen molar-refractivity contribution in [3.05, 3.63) is 95.6 Å². The van der Waals surface area contributed by atoms with Gasteiger partial charge < -0.3 is 9.64 Å². The van der Waals surface area contributed by atoms with E-state index in [4.69, 9.17) is 4.74 Å². The molecule has 0 saturated carbocycles. The van der Waals surface area contributed by atoms with Gasteiger partial charge >= 0.3 is 0 Å². The van der Waals surface area contributed by atoms with Crippen LogP contribution in [0.5, 0.6) is 5.75 Å². The molecule has 3 aromatic rings. The number of hydrogen-bond donors (Lipinski definition) is 1. The van der Waals surface area contributed by atoms with E-state index < -0.39 is 10.0 Å². The van der Waals surface area contributed by atoms with Crippen molar-refractivity contribution in [2.24, 2.45) is 0 Å². The molecular formula is C29H34N2O4S. The Bertz CT molecular complexity index is 1320. The minimum Gasteiger partial charge on any atom is -0.492 e. The Hall–Kier alpha value is -3.42. The van der Waals surface area contributed by atoms with Crippen LogP contribution in [0.2, 0.25) is 0 Å². The van der Waals surface area contributed by atoms with Gasteiger partial charge in [-0.25, -0.2) is 8.42 Å². The van der Waals surface area contributed by atoms with Crippen LogP contribution in [0, 0.1) is 0 Å². The molecule has 36 heavy (non-hydrogen) atoms. The first-order chi connectivity index (χ1) is 17.0. The lowest BCUT2D eigenvalue weighted by atomic mass is 9.86. The molecule has 3 rings (SSSR count). The number of anilines is 1. The van der Waals surface area contributed by atoms with Crippen molar-refractivity contribution < 1.29 is 17.9 Å². The zero-order chi connectivity index (χ0) is 26.3. The first-order valence-electron chi connectivity index (χ1n) is 11.8. The second-order valence-electron chi connectivity index (χ2n) is 9.82. The maximum absolute atomic E-state index is 13.2. The zero-order valence-electron chi connectivity index (χ0n) is 21.5. The van der Waals surface area contributed by atoms with E-state index in [0.717, 1.165) is 17.7 Å². The largest absolute Gasteiger partial charge is 0.492 e. The summed E-state index contributed by atoms with van der Waals surface area (Å²) in [6.07, 6.45) is 3.18. The summed E-state index contributed by atoms with van der Waals surface area (Å²) in [5.41, 5.74) is 2.32. The summed E-state index contributed by atoms with van der Waals surface area (Å²) < 4.78 is 34.2. The molecule has 190 valence electrons. The molecule has 0 amide bonds. The van der Waals surface area contributed by atoms with Gasteiger partial charge in [0.05, 0.1) is 10.6 Å². The van der Waals surface area contributed by atoms with Crippen LogP contribution in [0.4, 0.5) is 5.69 Å². The number of hydrogen-bond acceptors (Lipinski definition) is 5. The van der Waals surface area contributed by atoms with Gasteiger partial charge in [-0.1, -0.05) is 57.2 Å². The van der Waals surface area contributed by atoms with Crippen molar-refractivity contribution >= 4 is 27.6 Å². The van der Waals surface area contributed by atoms with Gasteiger partial charge in [-0.2, -0.15) is 0 Å². The van der Waals surface area contributed by atoms with Crippen LogP contribution < -0.4 is 9.46 Å². The minimum absolute atomic E-state index is 0.0723. The molecule has 0 aliphatic carbocycles. The van der Waals surface area contributed by atoms with Crippen LogP contribution in [0.3, 0.4) is 0 Å². The summed E-state index contributed by atoms with van der Waals surface area (Å²) in [7, 11) is 0.130. The number of sulfonamides is 1. The van der Waals surface area contributed by atoms with Gasteiger partial charge in [0, 0.05) is 17.7 Å². The molecule has 0 aliphatic heterocycles. The van der Waals surface area contributed by atoms with Crippen LogP contribution in [0.1, 0.15) is 42.3 Å². The fourth-order valence-corrected chi connectivity index (χ4v) is 4.56. The number of ether oxygens (including phenoxy) is 1. The molecule has 0 heterocycles. The number of benzene rings is 3. The predicted molar refractivity (Wildman–Crippen MR) is 146 cm³/mol. The third-order valence-electron chi connectivity index (χ3n) is 5.58. The summed E-state index contributed by atoms with van der Waals surface area (Å²) in [6, 6.07) is 20.6. The first-order valence-corrected chi connectivity index (χ1v) is 13.3. The van der Waals surface area contributed by atoms with Crippen LogP contribution in [-0.2, 0) is 15.4 Å². The summed E-state index contributed by atoms with van der Waals surface area (Å²) in [6.45, 7) is 7.66. The molecule has 1 N–H and O–H groups in total. The molecule has 0 atom stereocenters. The number of rotatable bonds is 10. The lowest BCUT2D eigenvalue weighted by molar-refractivity contribution is 0.104. The maximum atomic E-state index is 13.2. The summed E-state index contributed by atoms with van der Waals surface area (Å²) in [4.78, 5) is 15.4. The van der Waals surface area contributed by atoms with E-state index in [2.05, 4.69) is 25.5 Å². The van der Waals surface area contributed by atoms with Gasteiger partial charge in [0.25, 0.3) is 10.0 Å². The predicted octanol–water partition coefficient (Wildman–Crippen LogP) is 5.62.